The minimum atomic E-state index is -0.330. The number of nitrogens with one attached hydrogen (secondary N) is 3. The number of furan rings is 1. The van der Waals surface area contributed by atoms with Crippen molar-refractivity contribution in [1.29, 1.82) is 0 Å². The molecule has 0 spiro atoms. The first-order valence-corrected chi connectivity index (χ1v) is 8.67. The van der Waals surface area contributed by atoms with Gasteiger partial charge in [0, 0.05) is 41.3 Å². The largest absolute Gasteiger partial charge is 0.456 e. The highest BCUT2D eigenvalue weighted by molar-refractivity contribution is 6.07. The molecule has 4 aromatic rings. The van der Waals surface area contributed by atoms with Gasteiger partial charge in [-0.05, 0) is 6.07 Å². The zero-order valence-corrected chi connectivity index (χ0v) is 14.5. The number of nitrogens with zero attached hydrogens (tertiary/aromatic N) is 1. The molecule has 3 N–H and O–H groups in total. The van der Waals surface area contributed by atoms with Gasteiger partial charge in [-0.25, -0.2) is 0 Å². The van der Waals surface area contributed by atoms with Crippen LogP contribution in [0.4, 0.5) is 5.82 Å². The molecule has 2 aromatic heterocycles. The Balaban J connectivity index is 1.78. The maximum absolute atomic E-state index is 12.3. The highest BCUT2D eigenvalue weighted by Crippen LogP contribution is 2.42. The number of carbonyl (C=O) groups excluding carboxylic acids is 2. The summed E-state index contributed by atoms with van der Waals surface area (Å²) in [5.74, 6) is -0.357. The summed E-state index contributed by atoms with van der Waals surface area (Å²) >= 11 is 0. The van der Waals surface area contributed by atoms with Gasteiger partial charge in [0.15, 0.2) is 5.82 Å². The molecule has 0 aliphatic carbocycles. The summed E-state index contributed by atoms with van der Waals surface area (Å²) < 4.78 is 6.13. The van der Waals surface area contributed by atoms with Gasteiger partial charge in [-0.2, -0.15) is 5.10 Å². The van der Waals surface area contributed by atoms with Gasteiger partial charge in [-0.3, -0.25) is 14.7 Å². The molecule has 7 nitrogen and oxygen atoms in total. The van der Waals surface area contributed by atoms with Gasteiger partial charge >= 0.3 is 0 Å². The van der Waals surface area contributed by atoms with Gasteiger partial charge in [0.2, 0.25) is 5.91 Å². The van der Waals surface area contributed by atoms with Crippen LogP contribution in [-0.4, -0.2) is 29.1 Å². The zero-order chi connectivity index (χ0) is 18.5. The van der Waals surface area contributed by atoms with Crippen molar-refractivity contribution in [2.24, 2.45) is 0 Å². The monoisotopic (exact) mass is 360 g/mol. The molecule has 3 heterocycles. The van der Waals surface area contributed by atoms with Crippen LogP contribution >= 0.6 is 0 Å². The standard InChI is InChI=1S/C20H16N4O3/c1-21-20(26)17-16-13(9-15(25)22-19(16)24-23-17)12-7-4-6-11-10-5-2-3-8-14(10)27-18(11)12/h2-8,13H,9H2,1H3,(H,21,26)(H2,22,23,24,25). The summed E-state index contributed by atoms with van der Waals surface area (Å²) in [6, 6.07) is 13.7. The van der Waals surface area contributed by atoms with Crippen molar-refractivity contribution in [1.82, 2.24) is 15.5 Å². The first kappa shape index (κ1) is 15.6. The first-order valence-electron chi connectivity index (χ1n) is 8.67. The normalized spacial score (nSPS) is 16.3. The van der Waals surface area contributed by atoms with Crippen LogP contribution in [0.3, 0.4) is 0 Å². The van der Waals surface area contributed by atoms with Crippen LogP contribution in [0, 0.1) is 0 Å². The number of aromatic nitrogens is 2. The number of hydrogen-bond acceptors (Lipinski definition) is 4. The number of hydrogen-bond donors (Lipinski definition) is 3. The van der Waals surface area contributed by atoms with E-state index in [1.54, 1.807) is 7.05 Å². The van der Waals surface area contributed by atoms with E-state index in [2.05, 4.69) is 20.8 Å². The fourth-order valence-corrected chi connectivity index (χ4v) is 3.86. The van der Waals surface area contributed by atoms with Crippen molar-refractivity contribution in [2.75, 3.05) is 12.4 Å². The predicted octanol–water partition coefficient (Wildman–Crippen LogP) is 3.14. The molecule has 0 radical (unpaired) electrons. The van der Waals surface area contributed by atoms with Crippen LogP contribution in [0.15, 0.2) is 46.9 Å². The molecule has 0 fully saturated rings. The molecular formula is C20H16N4O3. The number of carbonyl (C=O) groups is 2. The Morgan fingerprint density at radius 3 is 2.85 bits per heavy atom. The molecule has 27 heavy (non-hydrogen) atoms. The predicted molar refractivity (Wildman–Crippen MR) is 101 cm³/mol. The number of para-hydroxylation sites is 2. The molecule has 2 aromatic carbocycles. The molecule has 134 valence electrons. The number of benzene rings is 2. The third-order valence-electron chi connectivity index (χ3n) is 5.06. The van der Waals surface area contributed by atoms with E-state index in [4.69, 9.17) is 4.42 Å². The number of amides is 2. The molecular weight excluding hydrogens is 344 g/mol. The highest BCUT2D eigenvalue weighted by atomic mass is 16.3. The van der Waals surface area contributed by atoms with Crippen LogP contribution in [0.1, 0.15) is 34.0 Å². The van der Waals surface area contributed by atoms with E-state index >= 15 is 0 Å². The van der Waals surface area contributed by atoms with E-state index in [1.807, 2.05) is 42.5 Å². The van der Waals surface area contributed by atoms with E-state index in [9.17, 15) is 9.59 Å². The van der Waals surface area contributed by atoms with E-state index in [-0.39, 0.29) is 24.2 Å². The van der Waals surface area contributed by atoms with Gasteiger partial charge in [0.05, 0.1) is 0 Å². The Morgan fingerprint density at radius 1 is 1.19 bits per heavy atom. The molecule has 2 amide bonds. The highest BCUT2D eigenvalue weighted by Gasteiger charge is 2.35. The maximum atomic E-state index is 12.3. The third kappa shape index (κ3) is 2.25. The van der Waals surface area contributed by atoms with Crippen LogP contribution < -0.4 is 10.6 Å². The number of rotatable bonds is 2. The van der Waals surface area contributed by atoms with E-state index in [0.29, 0.717) is 17.1 Å². The molecule has 5 rings (SSSR count). The van der Waals surface area contributed by atoms with Gasteiger partial charge in [-0.15, -0.1) is 0 Å². The topological polar surface area (TPSA) is 100 Å². The quantitative estimate of drug-likeness (QED) is 0.511. The van der Waals surface area contributed by atoms with Gasteiger partial charge in [-0.1, -0.05) is 36.4 Å². The fourth-order valence-electron chi connectivity index (χ4n) is 3.86. The first-order chi connectivity index (χ1) is 13.2. The minimum absolute atomic E-state index is 0.143. The lowest BCUT2D eigenvalue weighted by Gasteiger charge is -2.23. The van der Waals surface area contributed by atoms with Crippen LogP contribution in [-0.2, 0) is 4.79 Å². The van der Waals surface area contributed by atoms with Crippen molar-refractivity contribution < 1.29 is 14.0 Å². The Labute approximate surface area is 153 Å². The molecule has 1 atom stereocenters. The Bertz CT molecular complexity index is 1220. The summed E-state index contributed by atoms with van der Waals surface area (Å²) in [7, 11) is 1.56. The van der Waals surface area contributed by atoms with Crippen molar-refractivity contribution in [3.63, 3.8) is 0 Å². The summed E-state index contributed by atoms with van der Waals surface area (Å²) in [6.45, 7) is 0. The lowest BCUT2D eigenvalue weighted by Crippen LogP contribution is -2.26. The second-order valence-corrected chi connectivity index (χ2v) is 6.57. The fraction of sp³-hybridized carbons (Fsp3) is 0.150. The second kappa shape index (κ2) is 5.70. The Kier molecular flexibility index (Phi) is 3.30. The van der Waals surface area contributed by atoms with E-state index in [1.165, 1.54) is 0 Å². The molecule has 7 heteroatoms. The molecule has 0 saturated carbocycles. The van der Waals surface area contributed by atoms with E-state index in [0.717, 1.165) is 27.5 Å². The number of fused-ring (bicyclic) bond motifs is 4. The number of anilines is 1. The van der Waals surface area contributed by atoms with Crippen LogP contribution in [0.2, 0.25) is 0 Å². The number of aromatic amines is 1. The summed E-state index contributed by atoms with van der Waals surface area (Å²) in [5, 5.41) is 14.2. The van der Waals surface area contributed by atoms with Crippen molar-refractivity contribution >= 4 is 39.6 Å². The third-order valence-corrected chi connectivity index (χ3v) is 5.06. The average Bonchev–Trinajstić information content (AvgIpc) is 3.28. The van der Waals surface area contributed by atoms with Crippen molar-refractivity contribution in [3.05, 3.63) is 59.3 Å². The molecule has 0 saturated heterocycles. The van der Waals surface area contributed by atoms with Gasteiger partial charge < -0.3 is 15.1 Å². The number of H-pyrrole nitrogens is 1. The average molecular weight is 360 g/mol. The molecule has 0 bridgehead atoms. The zero-order valence-electron chi connectivity index (χ0n) is 14.5. The Morgan fingerprint density at radius 2 is 2.00 bits per heavy atom. The molecule has 1 aliphatic rings. The molecule has 1 unspecified atom stereocenters. The van der Waals surface area contributed by atoms with Crippen LogP contribution in [0.5, 0.6) is 0 Å². The second-order valence-electron chi connectivity index (χ2n) is 6.57. The minimum Gasteiger partial charge on any atom is -0.456 e. The molecule has 1 aliphatic heterocycles. The van der Waals surface area contributed by atoms with E-state index < -0.39 is 0 Å². The van der Waals surface area contributed by atoms with Gasteiger partial charge in [0.1, 0.15) is 16.9 Å². The summed E-state index contributed by atoms with van der Waals surface area (Å²) in [6.07, 6.45) is 0.215. The van der Waals surface area contributed by atoms with Crippen LogP contribution in [0.25, 0.3) is 21.9 Å². The smallest absolute Gasteiger partial charge is 0.269 e. The lowest BCUT2D eigenvalue weighted by molar-refractivity contribution is -0.116. The van der Waals surface area contributed by atoms with Crippen molar-refractivity contribution in [3.8, 4) is 0 Å². The van der Waals surface area contributed by atoms with Crippen molar-refractivity contribution in [2.45, 2.75) is 12.3 Å². The lowest BCUT2D eigenvalue weighted by atomic mass is 9.84. The Hall–Kier alpha value is -3.61. The summed E-state index contributed by atoms with van der Waals surface area (Å²) in [4.78, 5) is 24.6. The maximum Gasteiger partial charge on any atom is 0.269 e. The SMILES string of the molecule is CNC(=O)c1[nH]nc2c1C(c1cccc3c1oc1ccccc13)CC(=O)N2. The van der Waals surface area contributed by atoms with Gasteiger partial charge in [0.25, 0.3) is 5.91 Å². The summed E-state index contributed by atoms with van der Waals surface area (Å²) in [5.41, 5.74) is 3.42.